The van der Waals surface area contributed by atoms with Crippen LogP contribution in [0.2, 0.25) is 0 Å². The summed E-state index contributed by atoms with van der Waals surface area (Å²) in [5, 5.41) is 8.93. The van der Waals surface area contributed by atoms with E-state index in [0.717, 1.165) is 0 Å². The molecule has 0 radical (unpaired) electrons. The van der Waals surface area contributed by atoms with Crippen molar-refractivity contribution in [2.24, 2.45) is 17.3 Å². The molecule has 1 aliphatic carbocycles. The largest absolute Gasteiger partial charge is 0.465 e. The SMILES string of the molecule is C[C@H]1CCCC(C)(C)[C@@H]1/C=C/C(=O)N1CCN(C(=O)O)CC1. The summed E-state index contributed by atoms with van der Waals surface area (Å²) in [5.41, 5.74) is 0.246. The van der Waals surface area contributed by atoms with Gasteiger partial charge in [-0.15, -0.1) is 0 Å². The molecule has 0 aromatic carbocycles. The van der Waals surface area contributed by atoms with E-state index in [1.165, 1.54) is 24.2 Å². The van der Waals surface area contributed by atoms with Crippen molar-refractivity contribution in [3.63, 3.8) is 0 Å². The number of hydrogen-bond acceptors (Lipinski definition) is 2. The highest BCUT2D eigenvalue weighted by Gasteiger charge is 2.35. The molecule has 2 atom stereocenters. The summed E-state index contributed by atoms with van der Waals surface area (Å²) in [5.74, 6) is 1.06. The monoisotopic (exact) mass is 308 g/mol. The summed E-state index contributed by atoms with van der Waals surface area (Å²) in [6, 6.07) is 0. The molecule has 2 rings (SSSR count). The summed E-state index contributed by atoms with van der Waals surface area (Å²) >= 11 is 0. The molecular weight excluding hydrogens is 280 g/mol. The summed E-state index contributed by atoms with van der Waals surface area (Å²) in [7, 11) is 0. The van der Waals surface area contributed by atoms with Gasteiger partial charge in [0.2, 0.25) is 5.91 Å². The normalized spacial score (nSPS) is 28.9. The summed E-state index contributed by atoms with van der Waals surface area (Å²) in [4.78, 5) is 26.3. The number of piperazine rings is 1. The molecule has 0 aromatic rings. The Morgan fingerprint density at radius 2 is 1.73 bits per heavy atom. The first-order valence-corrected chi connectivity index (χ1v) is 8.26. The topological polar surface area (TPSA) is 60.9 Å². The summed E-state index contributed by atoms with van der Waals surface area (Å²) in [6.07, 6.45) is 6.60. The van der Waals surface area contributed by atoms with Gasteiger partial charge in [0.15, 0.2) is 0 Å². The van der Waals surface area contributed by atoms with Crippen LogP contribution < -0.4 is 0 Å². The number of hydrogen-bond donors (Lipinski definition) is 1. The van der Waals surface area contributed by atoms with Gasteiger partial charge < -0.3 is 14.9 Å². The van der Waals surface area contributed by atoms with Crippen LogP contribution in [0.3, 0.4) is 0 Å². The van der Waals surface area contributed by atoms with Crippen molar-refractivity contribution in [1.82, 2.24) is 9.80 Å². The number of nitrogens with zero attached hydrogens (tertiary/aromatic N) is 2. The van der Waals surface area contributed by atoms with Crippen LogP contribution in [0.4, 0.5) is 4.79 Å². The van der Waals surface area contributed by atoms with E-state index in [9.17, 15) is 9.59 Å². The first-order chi connectivity index (χ1) is 10.3. The molecule has 0 aromatic heterocycles. The van der Waals surface area contributed by atoms with Crippen LogP contribution in [-0.2, 0) is 4.79 Å². The van der Waals surface area contributed by atoms with Gasteiger partial charge in [0.25, 0.3) is 0 Å². The third-order valence-corrected chi connectivity index (χ3v) is 5.30. The zero-order chi connectivity index (χ0) is 16.3. The number of carbonyl (C=O) groups excluding carboxylic acids is 1. The second-order valence-corrected chi connectivity index (χ2v) is 7.34. The molecule has 5 heteroatoms. The molecule has 124 valence electrons. The molecule has 1 saturated carbocycles. The van der Waals surface area contributed by atoms with Crippen molar-refractivity contribution in [1.29, 1.82) is 0 Å². The lowest BCUT2D eigenvalue weighted by Crippen LogP contribution is -2.49. The maximum absolute atomic E-state index is 12.3. The average molecular weight is 308 g/mol. The van der Waals surface area contributed by atoms with Gasteiger partial charge in [-0.2, -0.15) is 0 Å². The van der Waals surface area contributed by atoms with Crippen LogP contribution in [0, 0.1) is 17.3 Å². The fourth-order valence-electron chi connectivity index (χ4n) is 3.86. The van der Waals surface area contributed by atoms with Crippen molar-refractivity contribution in [3.05, 3.63) is 12.2 Å². The Labute approximate surface area is 133 Å². The Bertz CT molecular complexity index is 451. The summed E-state index contributed by atoms with van der Waals surface area (Å²) in [6.45, 7) is 8.62. The zero-order valence-electron chi connectivity index (χ0n) is 13.9. The van der Waals surface area contributed by atoms with Crippen LogP contribution in [0.1, 0.15) is 40.0 Å². The van der Waals surface area contributed by atoms with Crippen LogP contribution in [0.25, 0.3) is 0 Å². The second kappa shape index (κ2) is 6.71. The highest BCUT2D eigenvalue weighted by atomic mass is 16.4. The number of carboxylic acid groups (broad SMARTS) is 1. The number of rotatable bonds is 2. The molecule has 0 unspecified atom stereocenters. The van der Waals surface area contributed by atoms with E-state index >= 15 is 0 Å². The van der Waals surface area contributed by atoms with E-state index in [2.05, 4.69) is 26.8 Å². The van der Waals surface area contributed by atoms with Crippen molar-refractivity contribution in [3.8, 4) is 0 Å². The fraction of sp³-hybridized carbons (Fsp3) is 0.765. The first kappa shape index (κ1) is 16.8. The second-order valence-electron chi connectivity index (χ2n) is 7.34. The van der Waals surface area contributed by atoms with Crippen molar-refractivity contribution >= 4 is 12.0 Å². The molecular formula is C17H28N2O3. The molecule has 1 N–H and O–H groups in total. The van der Waals surface area contributed by atoms with Gasteiger partial charge in [0, 0.05) is 26.2 Å². The molecule has 0 spiro atoms. The van der Waals surface area contributed by atoms with E-state index in [0.29, 0.717) is 38.0 Å². The lowest BCUT2D eigenvalue weighted by molar-refractivity contribution is -0.127. The van der Waals surface area contributed by atoms with Crippen LogP contribution in [0.15, 0.2) is 12.2 Å². The molecule has 0 bridgehead atoms. The van der Waals surface area contributed by atoms with Gasteiger partial charge >= 0.3 is 6.09 Å². The van der Waals surface area contributed by atoms with E-state index in [1.807, 2.05) is 0 Å². The van der Waals surface area contributed by atoms with Gasteiger partial charge in [-0.25, -0.2) is 4.79 Å². The molecule has 1 heterocycles. The van der Waals surface area contributed by atoms with Crippen molar-refractivity contribution in [2.75, 3.05) is 26.2 Å². The lowest BCUT2D eigenvalue weighted by atomic mass is 9.64. The average Bonchev–Trinajstić information content (AvgIpc) is 2.46. The minimum Gasteiger partial charge on any atom is -0.465 e. The van der Waals surface area contributed by atoms with E-state index in [1.54, 1.807) is 11.0 Å². The van der Waals surface area contributed by atoms with Gasteiger partial charge in [0.1, 0.15) is 0 Å². The van der Waals surface area contributed by atoms with Gasteiger partial charge in [-0.05, 0) is 29.7 Å². The van der Waals surface area contributed by atoms with Gasteiger partial charge in [0.05, 0.1) is 0 Å². The molecule has 1 aliphatic heterocycles. The Kier molecular flexibility index (Phi) is 5.14. The van der Waals surface area contributed by atoms with Crippen LogP contribution >= 0.6 is 0 Å². The standard InChI is InChI=1S/C17H28N2O3/c1-13-5-4-8-17(2,3)14(13)6-7-15(20)18-9-11-19(12-10-18)16(21)22/h6-7,13-14H,4-5,8-12H2,1-3H3,(H,21,22)/b7-6+/t13-,14+/m0/s1. The van der Waals surface area contributed by atoms with Crippen LogP contribution in [-0.4, -0.2) is 53.1 Å². The minimum atomic E-state index is -0.902. The molecule has 2 amide bonds. The van der Waals surface area contributed by atoms with Crippen LogP contribution in [0.5, 0.6) is 0 Å². The van der Waals surface area contributed by atoms with Gasteiger partial charge in [-0.3, -0.25) is 4.79 Å². The Morgan fingerprint density at radius 1 is 1.14 bits per heavy atom. The van der Waals surface area contributed by atoms with Crippen molar-refractivity contribution < 1.29 is 14.7 Å². The smallest absolute Gasteiger partial charge is 0.407 e. The highest BCUT2D eigenvalue weighted by molar-refractivity contribution is 5.87. The van der Waals surface area contributed by atoms with E-state index in [4.69, 9.17) is 5.11 Å². The van der Waals surface area contributed by atoms with E-state index in [-0.39, 0.29) is 11.3 Å². The third-order valence-electron chi connectivity index (χ3n) is 5.30. The highest BCUT2D eigenvalue weighted by Crippen LogP contribution is 2.44. The number of allylic oxidation sites excluding steroid dienone is 1. The van der Waals surface area contributed by atoms with E-state index < -0.39 is 6.09 Å². The molecule has 22 heavy (non-hydrogen) atoms. The third kappa shape index (κ3) is 3.81. The maximum Gasteiger partial charge on any atom is 0.407 e. The fourth-order valence-corrected chi connectivity index (χ4v) is 3.86. The molecule has 5 nitrogen and oxygen atoms in total. The molecule has 1 saturated heterocycles. The summed E-state index contributed by atoms with van der Waals surface area (Å²) < 4.78 is 0. The lowest BCUT2D eigenvalue weighted by Gasteiger charge is -2.41. The first-order valence-electron chi connectivity index (χ1n) is 8.26. The number of carbonyl (C=O) groups is 2. The van der Waals surface area contributed by atoms with Gasteiger partial charge in [-0.1, -0.05) is 39.7 Å². The maximum atomic E-state index is 12.3. The Morgan fingerprint density at radius 3 is 2.27 bits per heavy atom. The van der Waals surface area contributed by atoms with Crippen molar-refractivity contribution in [2.45, 2.75) is 40.0 Å². The molecule has 2 fully saturated rings. The predicted octanol–water partition coefficient (Wildman–Crippen LogP) is 2.83. The zero-order valence-corrected chi connectivity index (χ0v) is 13.9. The quantitative estimate of drug-likeness (QED) is 0.798. The predicted molar refractivity (Wildman–Crippen MR) is 85.6 cm³/mol. The Balaban J connectivity index is 1.92. The number of amides is 2. The molecule has 2 aliphatic rings. The Hall–Kier alpha value is -1.52. The minimum absolute atomic E-state index is 0.0126.